The molecule has 2 saturated heterocycles. The van der Waals surface area contributed by atoms with Crippen molar-refractivity contribution in [2.45, 2.75) is 32.1 Å². The van der Waals surface area contributed by atoms with Gasteiger partial charge in [0.05, 0.1) is 6.26 Å². The third-order valence-corrected chi connectivity index (χ3v) is 5.91. The zero-order valence-corrected chi connectivity index (χ0v) is 14.7. The lowest BCUT2D eigenvalue weighted by Crippen LogP contribution is -2.45. The van der Waals surface area contributed by atoms with Crippen molar-refractivity contribution in [2.24, 2.45) is 17.6 Å². The molecule has 7 heteroatoms. The molecule has 21 heavy (non-hydrogen) atoms. The molecule has 0 saturated carbocycles. The first-order valence-corrected chi connectivity index (χ1v) is 9.71. The normalized spacial score (nSPS) is 29.0. The number of hydrogen-bond acceptors (Lipinski definition) is 4. The molecule has 0 aromatic carbocycles. The summed E-state index contributed by atoms with van der Waals surface area (Å²) in [6.07, 6.45) is 7.16. The Morgan fingerprint density at radius 3 is 2.43 bits per heavy atom. The molecular formula is C14H30ClN3O2S. The van der Waals surface area contributed by atoms with Gasteiger partial charge in [0.2, 0.25) is 10.0 Å². The molecule has 2 fully saturated rings. The van der Waals surface area contributed by atoms with E-state index >= 15 is 0 Å². The predicted molar refractivity (Wildman–Crippen MR) is 89.2 cm³/mol. The van der Waals surface area contributed by atoms with E-state index in [4.69, 9.17) is 5.73 Å². The Bertz CT molecular complexity index is 403. The summed E-state index contributed by atoms with van der Waals surface area (Å²) in [7, 11) is -3.02. The van der Waals surface area contributed by atoms with Gasteiger partial charge in [-0.1, -0.05) is 0 Å². The second-order valence-corrected chi connectivity index (χ2v) is 8.46. The molecule has 2 rings (SSSR count). The van der Waals surface area contributed by atoms with Crippen molar-refractivity contribution in [3.05, 3.63) is 0 Å². The van der Waals surface area contributed by atoms with Gasteiger partial charge in [-0.2, -0.15) is 0 Å². The van der Waals surface area contributed by atoms with Crippen molar-refractivity contribution in [3.63, 3.8) is 0 Å². The van der Waals surface area contributed by atoms with E-state index in [1.54, 1.807) is 4.31 Å². The van der Waals surface area contributed by atoms with Crippen LogP contribution in [0.3, 0.4) is 0 Å². The molecular weight excluding hydrogens is 310 g/mol. The lowest BCUT2D eigenvalue weighted by molar-refractivity contribution is 0.126. The number of likely N-dealkylation sites (tertiary alicyclic amines) is 1. The molecule has 2 atom stereocenters. The summed E-state index contributed by atoms with van der Waals surface area (Å²) in [5.74, 6) is 1.23. The standard InChI is InChI=1S/C14H29N3O2S.ClH/c1-20(18,19)17-9-3-5-14(12-17)11-16-8-2-4-13(10-16)6-7-15;/h13-14H,2-12,15H2,1H3;1H. The van der Waals surface area contributed by atoms with Gasteiger partial charge < -0.3 is 10.6 Å². The topological polar surface area (TPSA) is 66.6 Å². The van der Waals surface area contributed by atoms with E-state index < -0.39 is 10.0 Å². The zero-order chi connectivity index (χ0) is 14.6. The molecule has 2 unspecified atom stereocenters. The highest BCUT2D eigenvalue weighted by atomic mass is 35.5. The van der Waals surface area contributed by atoms with Gasteiger partial charge in [0.25, 0.3) is 0 Å². The Balaban J connectivity index is 0.00000220. The summed E-state index contributed by atoms with van der Waals surface area (Å²) in [4.78, 5) is 2.53. The quantitative estimate of drug-likeness (QED) is 0.815. The van der Waals surface area contributed by atoms with Gasteiger partial charge in [-0.15, -0.1) is 12.4 Å². The molecule has 2 N–H and O–H groups in total. The van der Waals surface area contributed by atoms with Crippen molar-refractivity contribution in [1.82, 2.24) is 9.21 Å². The largest absolute Gasteiger partial charge is 0.330 e. The molecule has 0 aromatic heterocycles. The predicted octanol–water partition coefficient (Wildman–Crippen LogP) is 1.14. The van der Waals surface area contributed by atoms with Crippen LogP contribution in [0.2, 0.25) is 0 Å². The number of halogens is 1. The zero-order valence-electron chi connectivity index (χ0n) is 13.0. The maximum Gasteiger partial charge on any atom is 0.211 e. The molecule has 126 valence electrons. The van der Waals surface area contributed by atoms with Crippen molar-refractivity contribution in [1.29, 1.82) is 0 Å². The summed E-state index contributed by atoms with van der Waals surface area (Å²) < 4.78 is 25.0. The van der Waals surface area contributed by atoms with Gasteiger partial charge in [-0.3, -0.25) is 0 Å². The van der Waals surface area contributed by atoms with Gasteiger partial charge in [0.15, 0.2) is 0 Å². The Morgan fingerprint density at radius 1 is 1.10 bits per heavy atom. The highest BCUT2D eigenvalue weighted by molar-refractivity contribution is 7.88. The maximum atomic E-state index is 11.7. The van der Waals surface area contributed by atoms with Crippen molar-refractivity contribution >= 4 is 22.4 Å². The van der Waals surface area contributed by atoms with Crippen LogP contribution in [0.15, 0.2) is 0 Å². The fourth-order valence-electron chi connectivity index (χ4n) is 3.63. The van der Waals surface area contributed by atoms with Crippen LogP contribution < -0.4 is 5.73 Å². The molecule has 0 radical (unpaired) electrons. The van der Waals surface area contributed by atoms with E-state index in [9.17, 15) is 8.42 Å². The highest BCUT2D eigenvalue weighted by Gasteiger charge is 2.28. The van der Waals surface area contributed by atoms with Gasteiger partial charge in [0.1, 0.15) is 0 Å². The van der Waals surface area contributed by atoms with Crippen molar-refractivity contribution in [2.75, 3.05) is 45.5 Å². The van der Waals surface area contributed by atoms with E-state index in [-0.39, 0.29) is 12.4 Å². The maximum absolute atomic E-state index is 11.7. The van der Waals surface area contributed by atoms with Crippen LogP contribution in [0.1, 0.15) is 32.1 Å². The summed E-state index contributed by atoms with van der Waals surface area (Å²) >= 11 is 0. The lowest BCUT2D eigenvalue weighted by atomic mass is 9.92. The van der Waals surface area contributed by atoms with Crippen LogP contribution in [-0.4, -0.2) is 63.1 Å². The third-order valence-electron chi connectivity index (χ3n) is 4.65. The SMILES string of the molecule is CS(=O)(=O)N1CCCC(CN2CCCC(CCN)C2)C1.Cl. The monoisotopic (exact) mass is 339 g/mol. The Kier molecular flexibility index (Phi) is 7.92. The average molecular weight is 340 g/mol. The molecule has 5 nitrogen and oxygen atoms in total. The summed E-state index contributed by atoms with van der Waals surface area (Å²) in [5, 5.41) is 0. The van der Waals surface area contributed by atoms with Gasteiger partial charge >= 0.3 is 0 Å². The van der Waals surface area contributed by atoms with Crippen molar-refractivity contribution < 1.29 is 8.42 Å². The second kappa shape index (κ2) is 8.67. The summed E-state index contributed by atoms with van der Waals surface area (Å²) in [6.45, 7) is 5.54. The van der Waals surface area contributed by atoms with E-state index in [1.165, 1.54) is 19.1 Å². The van der Waals surface area contributed by atoms with Gasteiger partial charge in [-0.25, -0.2) is 12.7 Å². The molecule has 0 amide bonds. The van der Waals surface area contributed by atoms with Crippen LogP contribution in [0.5, 0.6) is 0 Å². The lowest BCUT2D eigenvalue weighted by Gasteiger charge is -2.38. The van der Waals surface area contributed by atoms with Gasteiger partial charge in [0, 0.05) is 26.2 Å². The smallest absolute Gasteiger partial charge is 0.211 e. The van der Waals surface area contributed by atoms with Crippen LogP contribution in [0, 0.1) is 11.8 Å². The fraction of sp³-hybridized carbons (Fsp3) is 1.00. The van der Waals surface area contributed by atoms with Crippen LogP contribution in [0.25, 0.3) is 0 Å². The summed E-state index contributed by atoms with van der Waals surface area (Å²) in [6, 6.07) is 0. The molecule has 2 heterocycles. The first kappa shape index (κ1) is 19.2. The fourth-order valence-corrected chi connectivity index (χ4v) is 4.57. The van der Waals surface area contributed by atoms with Crippen LogP contribution in [0.4, 0.5) is 0 Å². The minimum absolute atomic E-state index is 0. The second-order valence-electron chi connectivity index (χ2n) is 6.47. The third kappa shape index (κ3) is 6.02. The number of nitrogens with two attached hydrogens (primary N) is 1. The molecule has 0 spiro atoms. The van der Waals surface area contributed by atoms with Crippen LogP contribution >= 0.6 is 12.4 Å². The number of sulfonamides is 1. The summed E-state index contributed by atoms with van der Waals surface area (Å²) in [5.41, 5.74) is 5.66. The number of rotatable bonds is 5. The minimum atomic E-state index is -3.02. The van der Waals surface area contributed by atoms with E-state index in [0.717, 1.165) is 51.4 Å². The van der Waals surface area contributed by atoms with Crippen LogP contribution in [-0.2, 0) is 10.0 Å². The highest BCUT2D eigenvalue weighted by Crippen LogP contribution is 2.24. The number of hydrogen-bond donors (Lipinski definition) is 1. The molecule has 2 aliphatic rings. The minimum Gasteiger partial charge on any atom is -0.330 e. The van der Waals surface area contributed by atoms with E-state index in [0.29, 0.717) is 19.0 Å². The number of nitrogens with zero attached hydrogens (tertiary/aromatic N) is 2. The van der Waals surface area contributed by atoms with Gasteiger partial charge in [-0.05, 0) is 57.0 Å². The van der Waals surface area contributed by atoms with E-state index in [1.807, 2.05) is 0 Å². The van der Waals surface area contributed by atoms with E-state index in [2.05, 4.69) is 4.90 Å². The Hall–Kier alpha value is 0.120. The first-order valence-electron chi connectivity index (χ1n) is 7.86. The number of piperidine rings is 2. The Morgan fingerprint density at radius 2 is 1.76 bits per heavy atom. The molecule has 2 aliphatic heterocycles. The van der Waals surface area contributed by atoms with Crippen molar-refractivity contribution in [3.8, 4) is 0 Å². The molecule has 0 aromatic rings. The molecule has 0 aliphatic carbocycles. The molecule has 0 bridgehead atoms. The first-order chi connectivity index (χ1) is 9.49. The average Bonchev–Trinajstić information content (AvgIpc) is 2.39. The Labute approximate surface area is 135 Å².